The number of amides is 2. The van der Waals surface area contributed by atoms with E-state index in [4.69, 9.17) is 4.98 Å². The van der Waals surface area contributed by atoms with Crippen LogP contribution in [-0.2, 0) is 17.8 Å². The Morgan fingerprint density at radius 3 is 2.81 bits per heavy atom. The quantitative estimate of drug-likeness (QED) is 0.519. The van der Waals surface area contributed by atoms with Crippen LogP contribution in [0.1, 0.15) is 73.4 Å². The first-order valence-corrected chi connectivity index (χ1v) is 12.7. The van der Waals surface area contributed by atoms with Crippen LogP contribution in [0.25, 0.3) is 5.65 Å². The van der Waals surface area contributed by atoms with Gasteiger partial charge in [-0.15, -0.1) is 0 Å². The number of fused-ring (bicyclic) bond motifs is 1. The highest BCUT2D eigenvalue weighted by atomic mass is 19.3. The maximum absolute atomic E-state index is 13.9. The van der Waals surface area contributed by atoms with Crippen molar-refractivity contribution in [2.75, 3.05) is 6.54 Å². The average Bonchev–Trinajstić information content (AvgIpc) is 3.51. The van der Waals surface area contributed by atoms with Gasteiger partial charge in [-0.25, -0.2) is 18.3 Å². The molecule has 2 fully saturated rings. The van der Waals surface area contributed by atoms with Crippen LogP contribution in [0.2, 0.25) is 0 Å². The van der Waals surface area contributed by atoms with Gasteiger partial charge in [0.1, 0.15) is 5.69 Å². The number of aryl methyl sites for hydroxylation is 1. The van der Waals surface area contributed by atoms with Crippen LogP contribution in [-0.4, -0.2) is 48.7 Å². The lowest BCUT2D eigenvalue weighted by Crippen LogP contribution is -2.38. The largest absolute Gasteiger partial charge is 0.356 e. The summed E-state index contributed by atoms with van der Waals surface area (Å²) in [6.07, 6.45) is 5.79. The number of carbonyl (C=O) groups excluding carboxylic acids is 2. The van der Waals surface area contributed by atoms with Crippen molar-refractivity contribution in [3.63, 3.8) is 0 Å². The van der Waals surface area contributed by atoms with Crippen LogP contribution < -0.4 is 10.6 Å². The molecule has 1 aliphatic heterocycles. The van der Waals surface area contributed by atoms with Crippen LogP contribution in [0, 0.1) is 11.8 Å². The highest BCUT2D eigenvalue weighted by Gasteiger charge is 2.39. The van der Waals surface area contributed by atoms with Crippen molar-refractivity contribution in [3.05, 3.63) is 47.7 Å². The zero-order chi connectivity index (χ0) is 25.3. The molecule has 0 aromatic carbocycles. The summed E-state index contributed by atoms with van der Waals surface area (Å²) in [4.78, 5) is 30.0. The van der Waals surface area contributed by atoms with E-state index in [9.17, 15) is 18.4 Å². The molecule has 0 bridgehead atoms. The number of halogens is 2. The van der Waals surface area contributed by atoms with Crippen molar-refractivity contribution in [1.82, 2.24) is 35.0 Å². The summed E-state index contributed by atoms with van der Waals surface area (Å²) in [7, 11) is 0. The number of piperidine rings is 1. The summed E-state index contributed by atoms with van der Waals surface area (Å²) in [6, 6.07) is 4.81. The van der Waals surface area contributed by atoms with E-state index in [-0.39, 0.29) is 49.3 Å². The molecule has 5 rings (SSSR count). The zero-order valence-electron chi connectivity index (χ0n) is 20.3. The van der Waals surface area contributed by atoms with Gasteiger partial charge in [0.2, 0.25) is 11.8 Å². The molecule has 2 N–H and O–H groups in total. The maximum atomic E-state index is 13.9. The average molecular weight is 500 g/mol. The Kier molecular flexibility index (Phi) is 6.72. The third-order valence-corrected chi connectivity index (χ3v) is 7.34. The standard InChI is InChI=1S/C25H31F2N7O2/c1-2-33-20(9-13-29-33)24(36)31-22(16-7-10-25(26,27)11-8-16)19-15-34-21(30-19)6-5-18(32-34)14-17-4-3-12-28-23(17)35/h5-6,9,13,15-17,22H,2-4,7-8,10-12,14H2,1H3,(H,28,35)(H,31,36). The van der Waals surface area contributed by atoms with Gasteiger partial charge in [0.15, 0.2) is 5.65 Å². The second-order valence-electron chi connectivity index (χ2n) is 9.80. The van der Waals surface area contributed by atoms with E-state index in [2.05, 4.69) is 20.8 Å². The maximum Gasteiger partial charge on any atom is 0.270 e. The van der Waals surface area contributed by atoms with E-state index in [1.54, 1.807) is 27.7 Å². The predicted molar refractivity (Wildman–Crippen MR) is 127 cm³/mol. The first-order valence-electron chi connectivity index (χ1n) is 12.7. The first kappa shape index (κ1) is 24.3. The van der Waals surface area contributed by atoms with Gasteiger partial charge in [-0.05, 0) is 56.7 Å². The van der Waals surface area contributed by atoms with Crippen LogP contribution in [0.3, 0.4) is 0 Å². The molecule has 11 heteroatoms. The van der Waals surface area contributed by atoms with E-state index < -0.39 is 12.0 Å². The summed E-state index contributed by atoms with van der Waals surface area (Å²) >= 11 is 0. The van der Waals surface area contributed by atoms with Crippen LogP contribution in [0.15, 0.2) is 30.6 Å². The molecule has 4 heterocycles. The van der Waals surface area contributed by atoms with Gasteiger partial charge in [-0.1, -0.05) is 0 Å². The Morgan fingerprint density at radius 2 is 2.06 bits per heavy atom. The van der Waals surface area contributed by atoms with Gasteiger partial charge in [0, 0.05) is 44.5 Å². The molecule has 3 aromatic rings. The van der Waals surface area contributed by atoms with Crippen molar-refractivity contribution in [3.8, 4) is 0 Å². The van der Waals surface area contributed by atoms with E-state index >= 15 is 0 Å². The molecule has 1 saturated heterocycles. The van der Waals surface area contributed by atoms with Crippen molar-refractivity contribution in [2.45, 2.75) is 70.4 Å². The molecule has 3 aromatic heterocycles. The molecular weight excluding hydrogens is 468 g/mol. The van der Waals surface area contributed by atoms with Gasteiger partial charge < -0.3 is 10.6 Å². The topological polar surface area (TPSA) is 106 Å². The van der Waals surface area contributed by atoms with Crippen molar-refractivity contribution < 1.29 is 18.4 Å². The molecule has 2 unspecified atom stereocenters. The van der Waals surface area contributed by atoms with Gasteiger partial charge >= 0.3 is 0 Å². The number of nitrogens with zero attached hydrogens (tertiary/aromatic N) is 5. The number of imidazole rings is 1. The minimum absolute atomic E-state index is 0.0534. The lowest BCUT2D eigenvalue weighted by molar-refractivity contribution is -0.126. The predicted octanol–water partition coefficient (Wildman–Crippen LogP) is 3.31. The minimum atomic E-state index is -2.67. The number of nitrogens with one attached hydrogen (secondary N) is 2. The van der Waals surface area contributed by atoms with Gasteiger partial charge in [-0.2, -0.15) is 10.2 Å². The highest BCUT2D eigenvalue weighted by molar-refractivity contribution is 5.92. The second-order valence-corrected chi connectivity index (χ2v) is 9.80. The van der Waals surface area contributed by atoms with Gasteiger partial charge in [0.05, 0.1) is 23.6 Å². The number of rotatable bonds is 7. The van der Waals surface area contributed by atoms with Crippen molar-refractivity contribution >= 4 is 17.5 Å². The van der Waals surface area contributed by atoms with Gasteiger partial charge in [0.25, 0.3) is 5.91 Å². The zero-order valence-corrected chi connectivity index (χ0v) is 20.3. The van der Waals surface area contributed by atoms with E-state index in [1.165, 1.54) is 0 Å². The Bertz CT molecular complexity index is 1240. The fourth-order valence-electron chi connectivity index (χ4n) is 5.30. The van der Waals surface area contributed by atoms with E-state index in [0.717, 1.165) is 18.5 Å². The smallest absolute Gasteiger partial charge is 0.270 e. The summed E-state index contributed by atoms with van der Waals surface area (Å²) in [5.41, 5.74) is 2.37. The number of hydrogen-bond donors (Lipinski definition) is 2. The lowest BCUT2D eigenvalue weighted by Gasteiger charge is -2.33. The molecule has 192 valence electrons. The molecule has 0 spiro atoms. The molecule has 9 nitrogen and oxygen atoms in total. The summed E-state index contributed by atoms with van der Waals surface area (Å²) in [5.74, 6) is -3.22. The number of alkyl halides is 2. The molecule has 1 saturated carbocycles. The number of carbonyl (C=O) groups is 2. The third-order valence-electron chi connectivity index (χ3n) is 7.34. The summed E-state index contributed by atoms with van der Waals surface area (Å²) in [5, 5.41) is 14.8. The van der Waals surface area contributed by atoms with E-state index in [0.29, 0.717) is 36.5 Å². The molecular formula is C25H31F2N7O2. The van der Waals surface area contributed by atoms with Crippen molar-refractivity contribution in [1.29, 1.82) is 0 Å². The molecule has 36 heavy (non-hydrogen) atoms. The highest BCUT2D eigenvalue weighted by Crippen LogP contribution is 2.41. The monoisotopic (exact) mass is 499 g/mol. The Morgan fingerprint density at radius 1 is 1.25 bits per heavy atom. The first-order chi connectivity index (χ1) is 17.3. The third kappa shape index (κ3) is 5.10. The number of aromatic nitrogens is 5. The van der Waals surface area contributed by atoms with Crippen LogP contribution >= 0.6 is 0 Å². The lowest BCUT2D eigenvalue weighted by atomic mass is 9.81. The Balaban J connectivity index is 1.41. The fourth-order valence-corrected chi connectivity index (χ4v) is 5.30. The summed E-state index contributed by atoms with van der Waals surface area (Å²) < 4.78 is 31.1. The molecule has 2 atom stereocenters. The van der Waals surface area contributed by atoms with Crippen LogP contribution in [0.4, 0.5) is 8.78 Å². The molecule has 1 aliphatic carbocycles. The normalized spacial score (nSPS) is 21.3. The Hall–Kier alpha value is -3.37. The number of hydrogen-bond acceptors (Lipinski definition) is 5. The minimum Gasteiger partial charge on any atom is -0.356 e. The molecule has 2 amide bonds. The van der Waals surface area contributed by atoms with Gasteiger partial charge in [-0.3, -0.25) is 14.3 Å². The molecule has 0 radical (unpaired) electrons. The van der Waals surface area contributed by atoms with Crippen molar-refractivity contribution in [2.24, 2.45) is 11.8 Å². The Labute approximate surface area is 207 Å². The summed E-state index contributed by atoms with van der Waals surface area (Å²) in [6.45, 7) is 3.15. The fraction of sp³-hybridized carbons (Fsp3) is 0.560. The second kappa shape index (κ2) is 9.94. The van der Waals surface area contributed by atoms with E-state index in [1.807, 2.05) is 19.1 Å². The SMILES string of the molecule is CCn1nccc1C(=O)NC(c1cn2nc(CC3CCCNC3=O)ccc2n1)C1CCC(F)(F)CC1. The molecule has 2 aliphatic rings. The van der Waals surface area contributed by atoms with Crippen LogP contribution in [0.5, 0.6) is 0 Å².